The summed E-state index contributed by atoms with van der Waals surface area (Å²) in [6.45, 7) is -0.445. The molecule has 2 aromatic carbocycles. The molecule has 1 aliphatic rings. The Balaban J connectivity index is 1.55. The van der Waals surface area contributed by atoms with E-state index in [-0.39, 0.29) is 11.1 Å². The zero-order valence-corrected chi connectivity index (χ0v) is 17.0. The Morgan fingerprint density at radius 2 is 1.67 bits per heavy atom. The van der Waals surface area contributed by atoms with Gasteiger partial charge in [0.1, 0.15) is 25.1 Å². The smallest absolute Gasteiger partial charge is 0.436 e. The molecule has 1 fully saturated rings. The van der Waals surface area contributed by atoms with E-state index in [0.29, 0.717) is 0 Å². The minimum absolute atomic E-state index is 0.182. The SMILES string of the molecule is O=C(OC[C@H]1OC(n2ccnc2[N+](=O)[O-])[C@H](F)[C@@H]1OC(=O)c1ccccc1)c1ccccc1. The van der Waals surface area contributed by atoms with Crippen LogP contribution in [0, 0.1) is 10.1 Å². The lowest BCUT2D eigenvalue weighted by atomic mass is 10.1. The van der Waals surface area contributed by atoms with Crippen LogP contribution in [0.3, 0.4) is 0 Å². The predicted octanol–water partition coefficient (Wildman–Crippen LogP) is 3.11. The lowest BCUT2D eigenvalue weighted by Gasteiger charge is -2.19. The van der Waals surface area contributed by atoms with E-state index in [2.05, 4.69) is 4.98 Å². The zero-order valence-electron chi connectivity index (χ0n) is 17.0. The van der Waals surface area contributed by atoms with Gasteiger partial charge in [-0.05, 0) is 29.2 Å². The van der Waals surface area contributed by atoms with Gasteiger partial charge in [-0.2, -0.15) is 4.57 Å². The number of carbonyl (C=O) groups excluding carboxylic acids is 2. The van der Waals surface area contributed by atoms with E-state index in [9.17, 15) is 19.7 Å². The number of rotatable bonds is 7. The van der Waals surface area contributed by atoms with E-state index in [1.807, 2.05) is 0 Å². The van der Waals surface area contributed by atoms with Gasteiger partial charge in [-0.1, -0.05) is 41.4 Å². The molecule has 4 rings (SSSR count). The second kappa shape index (κ2) is 9.57. The number of hydrogen-bond donors (Lipinski definition) is 0. The van der Waals surface area contributed by atoms with Gasteiger partial charge in [0.05, 0.1) is 11.1 Å². The first-order valence-corrected chi connectivity index (χ1v) is 9.90. The average molecular weight is 455 g/mol. The van der Waals surface area contributed by atoms with Crippen LogP contribution in [0.2, 0.25) is 0 Å². The molecule has 3 aromatic rings. The van der Waals surface area contributed by atoms with Crippen LogP contribution in [0.5, 0.6) is 0 Å². The van der Waals surface area contributed by atoms with Crippen molar-refractivity contribution < 1.29 is 33.1 Å². The highest BCUT2D eigenvalue weighted by atomic mass is 19.1. The summed E-state index contributed by atoms with van der Waals surface area (Å²) < 4.78 is 32.5. The first-order valence-electron chi connectivity index (χ1n) is 9.90. The number of nitrogens with zero attached hydrogens (tertiary/aromatic N) is 3. The maximum absolute atomic E-state index is 15.4. The van der Waals surface area contributed by atoms with Gasteiger partial charge >= 0.3 is 17.9 Å². The number of carbonyl (C=O) groups is 2. The number of alkyl halides is 1. The molecular weight excluding hydrogens is 437 g/mol. The molecule has 1 saturated heterocycles. The predicted molar refractivity (Wildman–Crippen MR) is 110 cm³/mol. The van der Waals surface area contributed by atoms with Gasteiger partial charge in [-0.3, -0.25) is 0 Å². The van der Waals surface area contributed by atoms with Crippen molar-refractivity contribution in [2.45, 2.75) is 24.6 Å². The van der Waals surface area contributed by atoms with Crippen LogP contribution >= 0.6 is 0 Å². The van der Waals surface area contributed by atoms with Crippen molar-refractivity contribution in [3.05, 3.63) is 94.3 Å². The number of imidazole rings is 1. The highest BCUT2D eigenvalue weighted by Gasteiger charge is 2.52. The molecule has 2 heterocycles. The molecule has 170 valence electrons. The van der Waals surface area contributed by atoms with Crippen LogP contribution in [-0.4, -0.2) is 51.4 Å². The molecule has 0 saturated carbocycles. The molecule has 0 bridgehead atoms. The van der Waals surface area contributed by atoms with Crippen molar-refractivity contribution in [1.29, 1.82) is 0 Å². The fraction of sp³-hybridized carbons (Fsp3) is 0.227. The largest absolute Gasteiger partial charge is 0.459 e. The third-order valence-electron chi connectivity index (χ3n) is 4.99. The lowest BCUT2D eigenvalue weighted by Crippen LogP contribution is -2.37. The Hall–Kier alpha value is -4.12. The molecule has 0 spiro atoms. The zero-order chi connectivity index (χ0) is 23.4. The number of halogens is 1. The van der Waals surface area contributed by atoms with Gasteiger partial charge in [0.15, 0.2) is 12.3 Å². The molecular formula is C22H18FN3O7. The quantitative estimate of drug-likeness (QED) is 0.303. The molecule has 1 aliphatic heterocycles. The number of hydrogen-bond acceptors (Lipinski definition) is 8. The van der Waals surface area contributed by atoms with Gasteiger partial charge in [0.25, 0.3) is 0 Å². The van der Waals surface area contributed by atoms with Crippen molar-refractivity contribution in [2.24, 2.45) is 0 Å². The Kier molecular flexibility index (Phi) is 6.41. The molecule has 1 aromatic heterocycles. The molecule has 0 radical (unpaired) electrons. The number of nitro groups is 1. The summed E-state index contributed by atoms with van der Waals surface area (Å²) in [5, 5.41) is 11.2. The minimum Gasteiger partial charge on any atom is -0.459 e. The summed E-state index contributed by atoms with van der Waals surface area (Å²) in [6.07, 6.45) is -3.90. The van der Waals surface area contributed by atoms with Gasteiger partial charge in [0, 0.05) is 0 Å². The highest BCUT2D eigenvalue weighted by Crippen LogP contribution is 2.36. The molecule has 11 heteroatoms. The third kappa shape index (κ3) is 4.72. The van der Waals surface area contributed by atoms with E-state index in [0.717, 1.165) is 10.8 Å². The van der Waals surface area contributed by atoms with Crippen LogP contribution in [0.4, 0.5) is 10.3 Å². The summed E-state index contributed by atoms with van der Waals surface area (Å²) >= 11 is 0. The topological polar surface area (TPSA) is 123 Å². The van der Waals surface area contributed by atoms with Crippen LogP contribution in [-0.2, 0) is 14.2 Å². The van der Waals surface area contributed by atoms with Crippen molar-refractivity contribution in [1.82, 2.24) is 9.55 Å². The first-order chi connectivity index (χ1) is 16.0. The highest BCUT2D eigenvalue weighted by molar-refractivity contribution is 5.90. The fourth-order valence-electron chi connectivity index (χ4n) is 3.42. The summed E-state index contributed by atoms with van der Waals surface area (Å²) in [5.74, 6) is -2.13. The normalized spacial score (nSPS) is 22.0. The van der Waals surface area contributed by atoms with E-state index < -0.39 is 54.0 Å². The minimum atomic E-state index is -1.99. The van der Waals surface area contributed by atoms with Crippen LogP contribution < -0.4 is 0 Å². The molecule has 0 N–H and O–H groups in total. The standard InChI is InChI=1S/C22H18FN3O7/c23-17-18(33-21(28)15-9-5-2-6-10-15)16(13-31-20(27)14-7-3-1-4-8-14)32-19(17)25-12-11-24-22(25)26(29)30/h1-12,16-19H,13H2/t16-,17-,18-,19?/m1/s1. The molecule has 0 amide bonds. The summed E-state index contributed by atoms with van der Waals surface area (Å²) in [7, 11) is 0. The second-order valence-corrected chi connectivity index (χ2v) is 7.10. The molecule has 1 unspecified atom stereocenters. The number of aromatic nitrogens is 2. The van der Waals surface area contributed by atoms with Crippen molar-refractivity contribution in [3.63, 3.8) is 0 Å². The van der Waals surface area contributed by atoms with Gasteiger partial charge in [-0.15, -0.1) is 0 Å². The number of esters is 2. The molecule has 4 atom stereocenters. The summed E-state index contributed by atoms with van der Waals surface area (Å²) in [4.78, 5) is 38.9. The molecule has 10 nitrogen and oxygen atoms in total. The van der Waals surface area contributed by atoms with E-state index in [1.165, 1.54) is 18.3 Å². The van der Waals surface area contributed by atoms with Crippen molar-refractivity contribution in [3.8, 4) is 0 Å². The van der Waals surface area contributed by atoms with E-state index in [1.54, 1.807) is 48.5 Å². The third-order valence-corrected chi connectivity index (χ3v) is 4.99. The monoisotopic (exact) mass is 455 g/mol. The Morgan fingerprint density at radius 1 is 1.06 bits per heavy atom. The lowest BCUT2D eigenvalue weighted by molar-refractivity contribution is -0.398. The van der Waals surface area contributed by atoms with Gasteiger partial charge in [0.2, 0.25) is 6.23 Å². The van der Waals surface area contributed by atoms with Gasteiger partial charge < -0.3 is 24.3 Å². The van der Waals surface area contributed by atoms with Gasteiger partial charge in [-0.25, -0.2) is 14.0 Å². The number of ether oxygens (including phenoxy) is 3. The Labute approximate surface area is 186 Å². The van der Waals surface area contributed by atoms with Crippen LogP contribution in [0.15, 0.2) is 73.1 Å². The second-order valence-electron chi connectivity index (χ2n) is 7.10. The van der Waals surface area contributed by atoms with Crippen molar-refractivity contribution >= 4 is 17.9 Å². The molecule has 0 aliphatic carbocycles. The summed E-state index contributed by atoms with van der Waals surface area (Å²) in [5.41, 5.74) is 0.453. The van der Waals surface area contributed by atoms with E-state index >= 15 is 4.39 Å². The maximum atomic E-state index is 15.4. The van der Waals surface area contributed by atoms with Crippen LogP contribution in [0.1, 0.15) is 26.9 Å². The number of benzene rings is 2. The summed E-state index contributed by atoms with van der Waals surface area (Å²) in [6, 6.07) is 16.0. The fourth-order valence-corrected chi connectivity index (χ4v) is 3.42. The molecule has 33 heavy (non-hydrogen) atoms. The Bertz CT molecular complexity index is 1140. The maximum Gasteiger partial charge on any atom is 0.436 e. The first kappa shape index (κ1) is 22.1. The van der Waals surface area contributed by atoms with E-state index in [4.69, 9.17) is 14.2 Å². The Morgan fingerprint density at radius 3 is 2.27 bits per heavy atom. The average Bonchev–Trinajstić information content (AvgIpc) is 3.44. The van der Waals surface area contributed by atoms with Crippen LogP contribution in [0.25, 0.3) is 0 Å². The van der Waals surface area contributed by atoms with Crippen molar-refractivity contribution in [2.75, 3.05) is 6.61 Å².